The molecule has 6 rings (SSSR count). The first-order chi connectivity index (χ1) is 53.0. The fourth-order valence-electron chi connectivity index (χ4n) is 12.8. The van der Waals surface area contributed by atoms with Crippen molar-refractivity contribution < 1.29 is 67.7 Å². The molecule has 0 saturated carbocycles. The normalized spacial score (nSPS) is 15.2. The molecule has 0 spiro atoms. The molecule has 0 radical (unpaired) electrons. The number of nitrogens with two attached hydrogens (primary N) is 6. The van der Waals surface area contributed by atoms with Gasteiger partial charge in [-0.1, -0.05) is 68.8 Å². The van der Waals surface area contributed by atoms with Gasteiger partial charge in [-0.2, -0.15) is 0 Å². The maximum Gasteiger partial charge on any atom is 0.303 e. The van der Waals surface area contributed by atoms with Crippen molar-refractivity contribution >= 4 is 111 Å². The third-order valence-electron chi connectivity index (χ3n) is 19.0. The summed E-state index contributed by atoms with van der Waals surface area (Å²) in [4.78, 5) is 178. The van der Waals surface area contributed by atoms with Gasteiger partial charge in [0.2, 0.25) is 65.0 Å². The molecule has 2 aromatic heterocycles. The lowest BCUT2D eigenvalue weighted by molar-refractivity contribution is -0.142. The zero-order chi connectivity index (χ0) is 81.3. The summed E-state index contributed by atoms with van der Waals surface area (Å²) in [5.74, 6) is -12.7. The number of unbranched alkanes of at least 4 members (excludes halogenated alkanes) is 1. The Morgan fingerprint density at radius 2 is 0.991 bits per heavy atom. The smallest absolute Gasteiger partial charge is 0.303 e. The Labute approximate surface area is 641 Å². The number of aliphatic carboxylic acids is 1. The number of aromatic hydroxyl groups is 1. The van der Waals surface area contributed by atoms with E-state index in [-0.39, 0.29) is 115 Å². The number of carbonyl (C=O) groups is 12. The molecule has 0 unspecified atom stereocenters. The van der Waals surface area contributed by atoms with E-state index in [2.05, 4.69) is 73.8 Å². The number of nitrogens with one attached hydrogen (secondary N) is 17. The molecule has 1 fully saturated rings. The Bertz CT molecular complexity index is 4060. The number of H-pyrrole nitrogens is 2. The van der Waals surface area contributed by atoms with Gasteiger partial charge in [-0.15, -0.1) is 0 Å². The SMILES string of the molecule is CC[C@H](C)[C@H](NC(=O)[C@H](CCCNC(=N)N)NC(=O)[C@H](CCCNC(=N)N)NC(=O)[C@H](CCC(=O)O)NC(=O)[C@H](Cc1c[nH]c2ccccc12)NC(=O)[C@H](Cc1c[nH]c2ccccc12)NC(=O)CNC(=O)[C@@H](N)Cc1ccc(O)cc1)C(=O)N[C@@H](CCCNC(=N)N)C(=O)N1CCC[C@H]1C(=O)N[C@@H](CCCCN)C(N)=O. The highest BCUT2D eigenvalue weighted by Gasteiger charge is 2.41. The number of hydrogen-bond donors (Lipinski definition) is 25. The lowest BCUT2D eigenvalue weighted by Crippen LogP contribution is -2.61. The minimum absolute atomic E-state index is 0.00230. The molecule has 0 bridgehead atoms. The van der Waals surface area contributed by atoms with Crippen molar-refractivity contribution in [3.63, 3.8) is 0 Å². The number of rotatable bonds is 47. The summed E-state index contributed by atoms with van der Waals surface area (Å²) in [5, 5.41) is 76.2. The number of guanidine groups is 3. The fraction of sp³-hybridized carbons (Fsp3) is 0.493. The number of primary amides is 1. The van der Waals surface area contributed by atoms with Gasteiger partial charge >= 0.3 is 5.97 Å². The van der Waals surface area contributed by atoms with Crippen molar-refractivity contribution in [3.05, 3.63) is 102 Å². The first-order valence-electron chi connectivity index (χ1n) is 37.1. The van der Waals surface area contributed by atoms with Crippen LogP contribution in [-0.2, 0) is 76.8 Å². The van der Waals surface area contributed by atoms with Crippen molar-refractivity contribution in [2.75, 3.05) is 39.3 Å². The van der Waals surface area contributed by atoms with Crippen molar-refractivity contribution in [1.82, 2.24) is 78.7 Å². The zero-order valence-electron chi connectivity index (χ0n) is 62.4. The van der Waals surface area contributed by atoms with E-state index in [1.54, 1.807) is 86.9 Å². The second kappa shape index (κ2) is 44.4. The number of phenols is 1. The number of carboxylic acid groups (broad SMARTS) is 1. The molecule has 1 aliphatic rings. The van der Waals surface area contributed by atoms with E-state index in [0.29, 0.717) is 64.3 Å². The van der Waals surface area contributed by atoms with Crippen LogP contribution in [-0.4, -0.2) is 214 Å². The second-order valence-corrected chi connectivity index (χ2v) is 27.4. The summed E-state index contributed by atoms with van der Waals surface area (Å²) in [7, 11) is 0. The number of aromatic amines is 2. The highest BCUT2D eigenvalue weighted by molar-refractivity contribution is 6.00. The number of benzene rings is 3. The number of carboxylic acids is 1. The van der Waals surface area contributed by atoms with E-state index in [0.717, 1.165) is 0 Å². The van der Waals surface area contributed by atoms with Crippen LogP contribution in [0.15, 0.2) is 85.2 Å². The number of aromatic nitrogens is 2. The maximum atomic E-state index is 15.2. The van der Waals surface area contributed by atoms with Crippen LogP contribution in [0.2, 0.25) is 0 Å². The van der Waals surface area contributed by atoms with Gasteiger partial charge in [0, 0.05) is 79.6 Å². The lowest BCUT2D eigenvalue weighted by atomic mass is 9.96. The van der Waals surface area contributed by atoms with Gasteiger partial charge < -0.3 is 123 Å². The molecule has 11 atom stereocenters. The Hall–Kier alpha value is -12.1. The molecule has 3 aromatic carbocycles. The third-order valence-corrected chi connectivity index (χ3v) is 19.0. The predicted molar refractivity (Wildman–Crippen MR) is 413 cm³/mol. The van der Waals surface area contributed by atoms with E-state index in [1.807, 2.05) is 0 Å². The number of hydrogen-bond acceptors (Lipinski definition) is 18. The number of para-hydroxylation sites is 2. The molecule has 111 heavy (non-hydrogen) atoms. The minimum atomic E-state index is -1.78. The van der Waals surface area contributed by atoms with Crippen LogP contribution in [0.1, 0.15) is 120 Å². The summed E-state index contributed by atoms with van der Waals surface area (Å²) < 4.78 is 0. The molecule has 5 aromatic rings. The standard InChI is InChI=1S/C73H108N24O14/c1-3-40(2)60(69(110)94-54(21-12-32-85-73(81)82)70(111)97-33-13-22-57(97)68(109)90-50(61(76)102)18-8-9-29-74)96-65(106)52(20-11-31-84-72(79)80)92-63(104)51(19-10-30-83-71(77)78)91-64(105)53(27-28-59(100)101)93-67(108)56(36-43-38-87-49-17-7-5-15-46(43)49)95-66(107)55(35-42-37-86-48-16-6-4-14-45(42)48)89-58(99)39-88-62(103)47(75)34-41-23-25-44(98)26-24-41/h4-7,14-17,23-26,37-38,40,47,50-57,60,86-87,98H,3,8-13,18-22,27-36,39,74-75H2,1-2H3,(H2,76,102)(H,88,103)(H,89,99)(H,90,109)(H,91,105)(H,92,104)(H,93,108)(H,94,110)(H,95,107)(H,96,106)(H,100,101)(H4,77,78,83)(H4,79,80,84)(H4,81,82,85)/t40-,47-,50-,51-,52-,53-,54-,55-,56-,57-,60-/m0/s1. The van der Waals surface area contributed by atoms with Crippen LogP contribution in [0.3, 0.4) is 0 Å². The van der Waals surface area contributed by atoms with Crippen LogP contribution < -0.4 is 98.2 Å². The van der Waals surface area contributed by atoms with Crippen molar-refractivity contribution in [1.29, 1.82) is 16.2 Å². The number of carbonyl (C=O) groups excluding carboxylic acids is 11. The first-order valence-corrected chi connectivity index (χ1v) is 37.1. The predicted octanol–water partition coefficient (Wildman–Crippen LogP) is -2.99. The maximum absolute atomic E-state index is 15.2. The average molecular weight is 1550 g/mol. The van der Waals surface area contributed by atoms with Crippen LogP contribution >= 0.6 is 0 Å². The van der Waals surface area contributed by atoms with Crippen LogP contribution in [0, 0.1) is 22.1 Å². The topological polar surface area (TPSA) is 652 Å². The Morgan fingerprint density at radius 3 is 1.49 bits per heavy atom. The largest absolute Gasteiger partial charge is 0.508 e. The summed E-state index contributed by atoms with van der Waals surface area (Å²) in [6.07, 6.45) is 3.37. The molecule has 38 nitrogen and oxygen atoms in total. The molecular formula is C73H108N24O14. The zero-order valence-corrected chi connectivity index (χ0v) is 62.4. The van der Waals surface area contributed by atoms with E-state index >= 15 is 9.59 Å². The van der Waals surface area contributed by atoms with Crippen LogP contribution in [0.4, 0.5) is 0 Å². The number of phenolic OH excluding ortho intramolecular Hbond substituents is 1. The molecule has 38 heteroatoms. The Balaban J connectivity index is 1.28. The van der Waals surface area contributed by atoms with E-state index < -0.39 is 169 Å². The summed E-state index contributed by atoms with van der Waals surface area (Å²) in [6, 6.07) is 6.24. The molecule has 0 aliphatic carbocycles. The van der Waals surface area contributed by atoms with Crippen LogP contribution in [0.25, 0.3) is 21.8 Å². The van der Waals surface area contributed by atoms with Crippen LogP contribution in [0.5, 0.6) is 5.75 Å². The molecule has 1 aliphatic heterocycles. The quantitative estimate of drug-likeness (QED) is 0.0105. The second-order valence-electron chi connectivity index (χ2n) is 27.4. The lowest BCUT2D eigenvalue weighted by Gasteiger charge is -2.32. The molecule has 3 heterocycles. The van der Waals surface area contributed by atoms with Crippen molar-refractivity contribution in [2.24, 2.45) is 40.3 Å². The number of fused-ring (bicyclic) bond motifs is 2. The van der Waals surface area contributed by atoms with E-state index in [9.17, 15) is 58.2 Å². The highest BCUT2D eigenvalue weighted by Crippen LogP contribution is 2.24. The van der Waals surface area contributed by atoms with E-state index in [1.165, 1.54) is 17.0 Å². The summed E-state index contributed by atoms with van der Waals surface area (Å²) >= 11 is 0. The molecule has 604 valence electrons. The first kappa shape index (κ1) is 87.8. The number of likely N-dealkylation sites (tertiary alicyclic amines) is 1. The van der Waals surface area contributed by atoms with Crippen molar-refractivity contribution in [3.8, 4) is 5.75 Å². The molecular weight excluding hydrogens is 1440 g/mol. The third kappa shape index (κ3) is 28.5. The van der Waals surface area contributed by atoms with Gasteiger partial charge in [0.1, 0.15) is 60.1 Å². The monoisotopic (exact) mass is 1540 g/mol. The van der Waals surface area contributed by atoms with Gasteiger partial charge in [-0.3, -0.25) is 73.8 Å². The number of amides is 11. The molecule has 31 N–H and O–H groups in total. The van der Waals surface area contributed by atoms with Gasteiger partial charge in [0.25, 0.3) is 0 Å². The highest BCUT2D eigenvalue weighted by atomic mass is 16.4. The van der Waals surface area contributed by atoms with Gasteiger partial charge in [-0.05, 0) is 137 Å². The summed E-state index contributed by atoms with van der Waals surface area (Å²) in [6.45, 7) is 3.26. The van der Waals surface area contributed by atoms with Gasteiger partial charge in [0.15, 0.2) is 17.9 Å². The molecule has 1 saturated heterocycles. The fourth-order valence-corrected chi connectivity index (χ4v) is 12.8. The average Bonchev–Trinajstić information content (AvgIpc) is 1.73. The van der Waals surface area contributed by atoms with Gasteiger partial charge in [-0.25, -0.2) is 0 Å². The van der Waals surface area contributed by atoms with Gasteiger partial charge in [0.05, 0.1) is 12.6 Å². The minimum Gasteiger partial charge on any atom is -0.508 e. The van der Waals surface area contributed by atoms with Crippen molar-refractivity contribution in [2.45, 2.75) is 183 Å². The number of nitrogens with zero attached hydrogens (tertiary/aromatic N) is 1. The summed E-state index contributed by atoms with van der Waals surface area (Å²) in [5.41, 5.74) is 37.3. The molecule has 11 amide bonds. The van der Waals surface area contributed by atoms with E-state index in [4.69, 9.17) is 50.6 Å². The Morgan fingerprint density at radius 1 is 0.532 bits per heavy atom. The Kier molecular flexibility index (Phi) is 35.1.